The normalized spacial score (nSPS) is 16.3. The van der Waals surface area contributed by atoms with E-state index in [0.717, 1.165) is 25.1 Å². The van der Waals surface area contributed by atoms with Crippen molar-refractivity contribution >= 4 is 23.3 Å². The number of nitrogens with zero attached hydrogens (tertiary/aromatic N) is 2. The number of aromatic nitrogens is 2. The van der Waals surface area contributed by atoms with E-state index in [0.29, 0.717) is 6.54 Å². The molecule has 1 aromatic heterocycles. The van der Waals surface area contributed by atoms with Crippen LogP contribution in [0.25, 0.3) is 0 Å². The molecule has 2 heterocycles. The zero-order valence-electron chi connectivity index (χ0n) is 8.73. The Morgan fingerprint density at radius 3 is 2.87 bits per heavy atom. The Bertz CT molecular complexity index is 479. The highest BCUT2D eigenvalue weighted by Gasteiger charge is 2.25. The summed E-state index contributed by atoms with van der Waals surface area (Å²) >= 11 is 0. The second-order valence-corrected chi connectivity index (χ2v) is 5.92. The van der Waals surface area contributed by atoms with Gasteiger partial charge in [0.25, 0.3) is 0 Å². The molecule has 6 heteroatoms. The molecule has 4 nitrogen and oxygen atoms in total. The van der Waals surface area contributed by atoms with Gasteiger partial charge in [0.2, 0.25) is 0 Å². The van der Waals surface area contributed by atoms with E-state index in [-0.39, 0.29) is 16.4 Å². The van der Waals surface area contributed by atoms with E-state index < -0.39 is 9.84 Å². The van der Waals surface area contributed by atoms with Crippen LogP contribution in [0.15, 0.2) is 5.03 Å². The largest absolute Gasteiger partial charge is 0.320 e. The fourth-order valence-electron chi connectivity index (χ4n) is 1.94. The topological polar surface area (TPSA) is 52.0 Å². The van der Waals surface area contributed by atoms with Crippen molar-refractivity contribution in [2.45, 2.75) is 37.8 Å². The minimum atomic E-state index is -3.25. The molecule has 1 aliphatic rings. The number of rotatable bonds is 2. The fourth-order valence-corrected chi connectivity index (χ4v) is 3.11. The lowest BCUT2D eigenvalue weighted by atomic mass is 10.1. The standard InChI is InChI=1S/C9H13BN2O2S/c1-2-15(13,14)9-8(10)11-7-5-3-4-6-12(7)9/h2-6H2,1H3. The minimum absolute atomic E-state index is 0.0718. The van der Waals surface area contributed by atoms with Gasteiger partial charge in [0.1, 0.15) is 18.7 Å². The highest BCUT2D eigenvalue weighted by Crippen LogP contribution is 2.18. The lowest BCUT2D eigenvalue weighted by molar-refractivity contribution is 0.488. The molecule has 1 aromatic rings. The molecule has 0 N–H and O–H groups in total. The third kappa shape index (κ3) is 1.71. The summed E-state index contributed by atoms with van der Waals surface area (Å²) in [6, 6.07) is 0. The molecule has 0 spiro atoms. The van der Waals surface area contributed by atoms with Gasteiger partial charge in [-0.2, -0.15) is 0 Å². The zero-order chi connectivity index (χ0) is 11.1. The van der Waals surface area contributed by atoms with E-state index in [4.69, 9.17) is 7.85 Å². The Balaban J connectivity index is 2.61. The van der Waals surface area contributed by atoms with Crippen molar-refractivity contribution in [3.63, 3.8) is 0 Å². The van der Waals surface area contributed by atoms with Gasteiger partial charge in [-0.15, -0.1) is 0 Å². The van der Waals surface area contributed by atoms with Crippen LogP contribution >= 0.6 is 0 Å². The Labute approximate surface area is 91.0 Å². The predicted octanol–water partition coefficient (Wildman–Crippen LogP) is -0.193. The first-order chi connectivity index (χ1) is 7.06. The number of hydrogen-bond acceptors (Lipinski definition) is 3. The Morgan fingerprint density at radius 2 is 2.20 bits per heavy atom. The van der Waals surface area contributed by atoms with Gasteiger partial charge in [0, 0.05) is 18.6 Å². The average molecular weight is 224 g/mol. The zero-order valence-corrected chi connectivity index (χ0v) is 9.55. The number of aryl methyl sites for hydroxylation is 1. The highest BCUT2D eigenvalue weighted by atomic mass is 32.2. The first-order valence-corrected chi connectivity index (χ1v) is 6.79. The summed E-state index contributed by atoms with van der Waals surface area (Å²) in [5.74, 6) is 0.883. The van der Waals surface area contributed by atoms with E-state index in [1.54, 1.807) is 11.5 Å². The molecule has 0 amide bonds. The van der Waals surface area contributed by atoms with E-state index in [2.05, 4.69) is 4.98 Å². The monoisotopic (exact) mass is 224 g/mol. The molecule has 0 unspecified atom stereocenters. The van der Waals surface area contributed by atoms with Crippen LogP contribution in [0.3, 0.4) is 0 Å². The summed E-state index contributed by atoms with van der Waals surface area (Å²) in [4.78, 5) is 4.13. The molecule has 2 rings (SSSR count). The van der Waals surface area contributed by atoms with Crippen molar-refractivity contribution in [2.75, 3.05) is 5.75 Å². The van der Waals surface area contributed by atoms with Crippen molar-refractivity contribution in [3.8, 4) is 0 Å². The SMILES string of the molecule is [B]c1nc2n(c1S(=O)(=O)CC)CCCC2. The molecule has 0 saturated heterocycles. The molecule has 0 saturated carbocycles. The van der Waals surface area contributed by atoms with Crippen molar-refractivity contribution in [1.82, 2.24) is 9.55 Å². The molecule has 0 bridgehead atoms. The van der Waals surface area contributed by atoms with Gasteiger partial charge in [0.05, 0.1) is 5.75 Å². The molecule has 1 aliphatic heterocycles. The van der Waals surface area contributed by atoms with Crippen molar-refractivity contribution in [1.29, 1.82) is 0 Å². The van der Waals surface area contributed by atoms with Crippen LogP contribution in [0.5, 0.6) is 0 Å². The summed E-state index contributed by atoms with van der Waals surface area (Å²) in [7, 11) is 2.42. The molecular weight excluding hydrogens is 211 g/mol. The van der Waals surface area contributed by atoms with Crippen molar-refractivity contribution < 1.29 is 8.42 Å². The molecule has 0 fully saturated rings. The maximum atomic E-state index is 11.8. The van der Waals surface area contributed by atoms with Crippen LogP contribution in [0, 0.1) is 0 Å². The third-order valence-electron chi connectivity index (χ3n) is 2.73. The van der Waals surface area contributed by atoms with Crippen molar-refractivity contribution in [2.24, 2.45) is 0 Å². The lowest BCUT2D eigenvalue weighted by Gasteiger charge is -2.16. The Hall–Kier alpha value is -0.775. The van der Waals surface area contributed by atoms with Crippen LogP contribution in [0.2, 0.25) is 0 Å². The summed E-state index contributed by atoms with van der Waals surface area (Å²) < 4.78 is 25.4. The lowest BCUT2D eigenvalue weighted by Crippen LogP contribution is -2.21. The van der Waals surface area contributed by atoms with E-state index in [1.807, 2.05) is 0 Å². The Morgan fingerprint density at radius 1 is 1.47 bits per heavy atom. The number of imidazole rings is 1. The van der Waals surface area contributed by atoms with Crippen LogP contribution in [0.4, 0.5) is 0 Å². The van der Waals surface area contributed by atoms with Crippen LogP contribution in [-0.2, 0) is 22.8 Å². The second kappa shape index (κ2) is 3.66. The van der Waals surface area contributed by atoms with E-state index >= 15 is 0 Å². The number of fused-ring (bicyclic) bond motifs is 1. The number of hydrogen-bond donors (Lipinski definition) is 0. The van der Waals surface area contributed by atoms with E-state index in [9.17, 15) is 8.42 Å². The minimum Gasteiger partial charge on any atom is -0.320 e. The smallest absolute Gasteiger partial charge is 0.194 e. The summed E-state index contributed by atoms with van der Waals surface area (Å²) in [6.07, 6.45) is 2.88. The van der Waals surface area contributed by atoms with Gasteiger partial charge < -0.3 is 4.57 Å². The molecule has 0 atom stereocenters. The highest BCUT2D eigenvalue weighted by molar-refractivity contribution is 7.91. The first kappa shape index (κ1) is 10.7. The van der Waals surface area contributed by atoms with Gasteiger partial charge in [0.15, 0.2) is 9.84 Å². The van der Waals surface area contributed by atoms with Crippen LogP contribution in [-0.4, -0.2) is 31.6 Å². The van der Waals surface area contributed by atoms with E-state index in [1.165, 1.54) is 0 Å². The quantitative estimate of drug-likeness (QED) is 0.654. The number of sulfone groups is 1. The van der Waals surface area contributed by atoms with Gasteiger partial charge >= 0.3 is 0 Å². The molecule has 80 valence electrons. The molecule has 2 radical (unpaired) electrons. The molecule has 0 aliphatic carbocycles. The summed E-state index contributed by atoms with van der Waals surface area (Å²) in [5.41, 5.74) is 0.161. The van der Waals surface area contributed by atoms with Gasteiger partial charge in [-0.05, 0) is 12.8 Å². The molecule has 15 heavy (non-hydrogen) atoms. The molecule has 0 aromatic carbocycles. The predicted molar refractivity (Wildman–Crippen MR) is 58.3 cm³/mol. The molecular formula is C9H13BN2O2S. The van der Waals surface area contributed by atoms with Crippen LogP contribution < -0.4 is 5.59 Å². The summed E-state index contributed by atoms with van der Waals surface area (Å²) in [5, 5.41) is 0.222. The first-order valence-electron chi connectivity index (χ1n) is 5.14. The maximum Gasteiger partial charge on any atom is 0.194 e. The summed E-state index contributed by atoms with van der Waals surface area (Å²) in [6.45, 7) is 2.34. The fraction of sp³-hybridized carbons (Fsp3) is 0.667. The van der Waals surface area contributed by atoms with Crippen LogP contribution in [0.1, 0.15) is 25.6 Å². The van der Waals surface area contributed by atoms with Gasteiger partial charge in [-0.25, -0.2) is 13.4 Å². The maximum absolute atomic E-state index is 11.8. The Kier molecular flexibility index (Phi) is 2.62. The van der Waals surface area contributed by atoms with Crippen molar-refractivity contribution in [3.05, 3.63) is 5.82 Å². The second-order valence-electron chi connectivity index (χ2n) is 3.73. The average Bonchev–Trinajstić information content (AvgIpc) is 2.54. The van der Waals surface area contributed by atoms with Gasteiger partial charge in [-0.1, -0.05) is 6.92 Å². The van der Waals surface area contributed by atoms with Gasteiger partial charge in [-0.3, -0.25) is 0 Å². The third-order valence-corrected chi connectivity index (χ3v) is 4.51.